The molecule has 182 valence electrons. The van der Waals surface area contributed by atoms with Crippen LogP contribution in [0.25, 0.3) is 0 Å². The SMILES string of the molecule is CC(C)COC(=O)N1CCCN(CC(=O)NC2(c3ccc4c(c3)OCCO4)CCCC2)CC1. The molecule has 2 fully saturated rings. The fourth-order valence-electron chi connectivity index (χ4n) is 4.96. The minimum atomic E-state index is -0.356. The molecule has 1 aliphatic carbocycles. The van der Waals surface area contributed by atoms with Gasteiger partial charge in [-0.3, -0.25) is 9.69 Å². The minimum Gasteiger partial charge on any atom is -0.486 e. The Bertz CT molecular complexity index is 837. The van der Waals surface area contributed by atoms with E-state index in [9.17, 15) is 9.59 Å². The first-order valence-corrected chi connectivity index (χ1v) is 12.3. The van der Waals surface area contributed by atoms with Gasteiger partial charge in [0.15, 0.2) is 11.5 Å². The molecular formula is C25H37N3O5. The molecule has 8 heteroatoms. The molecule has 1 aromatic carbocycles. The van der Waals surface area contributed by atoms with Crippen LogP contribution in [0.2, 0.25) is 0 Å². The van der Waals surface area contributed by atoms with E-state index in [1.165, 1.54) is 0 Å². The van der Waals surface area contributed by atoms with Crippen LogP contribution in [-0.2, 0) is 15.1 Å². The highest BCUT2D eigenvalue weighted by Crippen LogP contribution is 2.42. The molecule has 3 aliphatic rings. The van der Waals surface area contributed by atoms with E-state index in [1.807, 2.05) is 26.0 Å². The lowest BCUT2D eigenvalue weighted by Crippen LogP contribution is -2.48. The molecule has 1 saturated heterocycles. The van der Waals surface area contributed by atoms with Crippen molar-refractivity contribution in [3.8, 4) is 11.5 Å². The third kappa shape index (κ3) is 5.91. The van der Waals surface area contributed by atoms with E-state index in [-0.39, 0.29) is 17.5 Å². The van der Waals surface area contributed by atoms with Crippen LogP contribution in [0.4, 0.5) is 4.79 Å². The molecule has 0 aromatic heterocycles. The Hall–Kier alpha value is -2.48. The molecule has 1 saturated carbocycles. The first-order chi connectivity index (χ1) is 15.9. The number of carbonyl (C=O) groups is 2. The maximum Gasteiger partial charge on any atom is 0.409 e. The van der Waals surface area contributed by atoms with Crippen LogP contribution >= 0.6 is 0 Å². The zero-order valence-corrected chi connectivity index (χ0v) is 19.9. The Morgan fingerprint density at radius 1 is 1.03 bits per heavy atom. The molecule has 1 N–H and O–H groups in total. The summed E-state index contributed by atoms with van der Waals surface area (Å²) in [6.45, 7) is 8.64. The first-order valence-electron chi connectivity index (χ1n) is 12.3. The Kier molecular flexibility index (Phi) is 7.63. The van der Waals surface area contributed by atoms with Gasteiger partial charge in [-0.25, -0.2) is 4.79 Å². The van der Waals surface area contributed by atoms with E-state index < -0.39 is 0 Å². The summed E-state index contributed by atoms with van der Waals surface area (Å²) < 4.78 is 16.8. The van der Waals surface area contributed by atoms with Gasteiger partial charge in [0.2, 0.25) is 5.91 Å². The maximum absolute atomic E-state index is 13.1. The van der Waals surface area contributed by atoms with E-state index >= 15 is 0 Å². The van der Waals surface area contributed by atoms with Crippen LogP contribution in [0.15, 0.2) is 18.2 Å². The lowest BCUT2D eigenvalue weighted by atomic mass is 9.87. The molecular weight excluding hydrogens is 422 g/mol. The number of nitrogens with zero attached hydrogens (tertiary/aromatic N) is 2. The Labute approximate surface area is 196 Å². The van der Waals surface area contributed by atoms with Crippen LogP contribution in [0, 0.1) is 5.92 Å². The second-order valence-corrected chi connectivity index (χ2v) is 9.78. The van der Waals surface area contributed by atoms with Crippen molar-refractivity contribution in [1.82, 2.24) is 15.1 Å². The van der Waals surface area contributed by atoms with Gasteiger partial charge in [-0.2, -0.15) is 0 Å². The van der Waals surface area contributed by atoms with Gasteiger partial charge in [0.05, 0.1) is 18.7 Å². The van der Waals surface area contributed by atoms with E-state index in [2.05, 4.69) is 16.3 Å². The highest BCUT2D eigenvalue weighted by atomic mass is 16.6. The summed E-state index contributed by atoms with van der Waals surface area (Å²) in [5, 5.41) is 3.37. The fourth-order valence-corrected chi connectivity index (χ4v) is 4.96. The van der Waals surface area contributed by atoms with Gasteiger partial charge in [-0.05, 0) is 42.9 Å². The largest absolute Gasteiger partial charge is 0.486 e. The third-order valence-corrected chi connectivity index (χ3v) is 6.68. The quantitative estimate of drug-likeness (QED) is 0.704. The monoisotopic (exact) mass is 459 g/mol. The molecule has 2 heterocycles. The first kappa shape index (κ1) is 23.7. The number of hydrogen-bond acceptors (Lipinski definition) is 6. The lowest BCUT2D eigenvalue weighted by Gasteiger charge is -2.33. The zero-order valence-electron chi connectivity index (χ0n) is 19.9. The molecule has 0 radical (unpaired) electrons. The number of fused-ring (bicyclic) bond motifs is 1. The van der Waals surface area contributed by atoms with E-state index in [4.69, 9.17) is 14.2 Å². The van der Waals surface area contributed by atoms with Gasteiger partial charge in [-0.1, -0.05) is 32.8 Å². The minimum absolute atomic E-state index is 0.0302. The van der Waals surface area contributed by atoms with Crippen LogP contribution in [0.5, 0.6) is 11.5 Å². The summed E-state index contributed by atoms with van der Waals surface area (Å²) in [5.41, 5.74) is 0.735. The summed E-state index contributed by atoms with van der Waals surface area (Å²) in [7, 11) is 0. The molecule has 0 spiro atoms. The van der Waals surface area contributed by atoms with E-state index in [0.29, 0.717) is 51.9 Å². The highest BCUT2D eigenvalue weighted by molar-refractivity contribution is 5.79. The predicted molar refractivity (Wildman–Crippen MR) is 125 cm³/mol. The summed E-state index contributed by atoms with van der Waals surface area (Å²) in [4.78, 5) is 29.3. The average molecular weight is 460 g/mol. The van der Waals surface area contributed by atoms with Crippen molar-refractivity contribution in [2.45, 2.75) is 51.5 Å². The van der Waals surface area contributed by atoms with Crippen molar-refractivity contribution < 1.29 is 23.8 Å². The van der Waals surface area contributed by atoms with Gasteiger partial charge >= 0.3 is 6.09 Å². The van der Waals surface area contributed by atoms with Crippen molar-refractivity contribution in [1.29, 1.82) is 0 Å². The number of amides is 2. The molecule has 8 nitrogen and oxygen atoms in total. The second-order valence-electron chi connectivity index (χ2n) is 9.78. The number of benzene rings is 1. The van der Waals surface area contributed by atoms with Gasteiger partial charge in [0, 0.05) is 26.2 Å². The molecule has 2 aliphatic heterocycles. The van der Waals surface area contributed by atoms with Crippen LogP contribution in [0.3, 0.4) is 0 Å². The lowest BCUT2D eigenvalue weighted by molar-refractivity contribution is -0.124. The second kappa shape index (κ2) is 10.6. The van der Waals surface area contributed by atoms with Crippen LogP contribution < -0.4 is 14.8 Å². The van der Waals surface area contributed by atoms with Crippen molar-refractivity contribution >= 4 is 12.0 Å². The summed E-state index contributed by atoms with van der Waals surface area (Å²) in [6, 6.07) is 6.05. The van der Waals surface area contributed by atoms with Crippen LogP contribution in [-0.4, -0.2) is 74.3 Å². The third-order valence-electron chi connectivity index (χ3n) is 6.68. The number of nitrogens with one attached hydrogen (secondary N) is 1. The standard InChI is InChI=1S/C25H37N3O5/c1-19(2)18-33-24(30)28-11-5-10-27(12-13-28)17-23(29)26-25(8-3-4-9-25)20-6-7-21-22(16-20)32-15-14-31-21/h6-7,16,19H,3-5,8-15,17-18H2,1-2H3,(H,26,29). The Morgan fingerprint density at radius 3 is 2.55 bits per heavy atom. The van der Waals surface area contributed by atoms with Gasteiger partial charge in [0.1, 0.15) is 13.2 Å². The highest BCUT2D eigenvalue weighted by Gasteiger charge is 2.38. The maximum atomic E-state index is 13.1. The summed E-state index contributed by atoms with van der Waals surface area (Å²) in [5.74, 6) is 1.88. The molecule has 2 amide bonds. The van der Waals surface area contributed by atoms with Gasteiger partial charge in [-0.15, -0.1) is 0 Å². The predicted octanol–water partition coefficient (Wildman–Crippen LogP) is 3.14. The number of hydrogen-bond donors (Lipinski definition) is 1. The smallest absolute Gasteiger partial charge is 0.409 e. The van der Waals surface area contributed by atoms with Crippen molar-refractivity contribution in [3.63, 3.8) is 0 Å². The van der Waals surface area contributed by atoms with Gasteiger partial charge < -0.3 is 24.4 Å². The Balaban J connectivity index is 1.35. The van der Waals surface area contributed by atoms with E-state index in [1.54, 1.807) is 4.90 Å². The van der Waals surface area contributed by atoms with Crippen molar-refractivity contribution in [2.75, 3.05) is 52.5 Å². The van der Waals surface area contributed by atoms with E-state index in [0.717, 1.165) is 55.7 Å². The molecule has 4 rings (SSSR count). The molecule has 33 heavy (non-hydrogen) atoms. The Morgan fingerprint density at radius 2 is 1.79 bits per heavy atom. The number of carbonyl (C=O) groups excluding carboxylic acids is 2. The summed E-state index contributed by atoms with van der Waals surface area (Å²) >= 11 is 0. The van der Waals surface area contributed by atoms with Crippen LogP contribution in [0.1, 0.15) is 51.5 Å². The summed E-state index contributed by atoms with van der Waals surface area (Å²) in [6.07, 6.45) is 4.61. The van der Waals surface area contributed by atoms with Crippen molar-refractivity contribution in [2.24, 2.45) is 5.92 Å². The topological polar surface area (TPSA) is 80.3 Å². The number of rotatable bonds is 6. The normalized spacial score (nSPS) is 20.4. The van der Waals surface area contributed by atoms with Gasteiger partial charge in [0.25, 0.3) is 0 Å². The molecule has 1 aromatic rings. The molecule has 0 bridgehead atoms. The molecule has 0 unspecified atom stereocenters. The zero-order chi connectivity index (χ0) is 23.3. The molecule has 0 atom stereocenters. The van der Waals surface area contributed by atoms with Crippen molar-refractivity contribution in [3.05, 3.63) is 23.8 Å². The average Bonchev–Trinajstić information content (AvgIpc) is 3.16. The number of ether oxygens (including phenoxy) is 3. The fraction of sp³-hybridized carbons (Fsp3) is 0.680.